The summed E-state index contributed by atoms with van der Waals surface area (Å²) in [6.45, 7) is 20.7. The Morgan fingerprint density at radius 1 is 0.614 bits per heavy atom. The number of hydrogen-bond donors (Lipinski definition) is 1. The van der Waals surface area contributed by atoms with Crippen LogP contribution in [0.5, 0.6) is 0 Å². The highest BCUT2D eigenvalue weighted by Gasteiger charge is 2.52. The van der Waals surface area contributed by atoms with Gasteiger partial charge in [-0.05, 0) is 218 Å². The number of halogens is 1. The van der Waals surface area contributed by atoms with Crippen LogP contribution in [0, 0.1) is 59.2 Å². The van der Waals surface area contributed by atoms with Gasteiger partial charge in [0.25, 0.3) is 0 Å². The van der Waals surface area contributed by atoms with E-state index in [1.165, 1.54) is 87.9 Å². The Labute approximate surface area is 427 Å². The Bertz CT molecular complexity index is 2110. The van der Waals surface area contributed by atoms with E-state index in [1.54, 1.807) is 6.92 Å². The molecule has 0 unspecified atom stereocenters. The summed E-state index contributed by atoms with van der Waals surface area (Å²) in [5.74, 6) is 9.68. The summed E-state index contributed by atoms with van der Waals surface area (Å²) in [6.07, 6.45) is 20.1. The fraction of sp³-hybridized carbons (Fsp3) is 0.733. The van der Waals surface area contributed by atoms with Gasteiger partial charge in [-0.1, -0.05) is 43.3 Å². The highest BCUT2D eigenvalue weighted by molar-refractivity contribution is 6.62. The van der Waals surface area contributed by atoms with Crippen LogP contribution in [0.3, 0.4) is 0 Å². The zero-order valence-corrected chi connectivity index (χ0v) is 44.9. The van der Waals surface area contributed by atoms with Crippen molar-refractivity contribution in [1.82, 2.24) is 14.7 Å². The molecule has 384 valence electrons. The van der Waals surface area contributed by atoms with Crippen molar-refractivity contribution in [3.8, 4) is 0 Å². The predicted molar refractivity (Wildman–Crippen MR) is 284 cm³/mol. The number of anilines is 2. The van der Waals surface area contributed by atoms with Crippen molar-refractivity contribution in [3.05, 3.63) is 59.7 Å². The summed E-state index contributed by atoms with van der Waals surface area (Å²) in [5, 5.41) is 3.24. The topological polar surface area (TPSA) is 93.3 Å². The van der Waals surface area contributed by atoms with E-state index in [0.717, 1.165) is 137 Å². The Hall–Kier alpha value is -3.43. The first-order valence-electron chi connectivity index (χ1n) is 28.2. The summed E-state index contributed by atoms with van der Waals surface area (Å²) >= 11 is 4.64. The van der Waals surface area contributed by atoms with Gasteiger partial charge in [0.05, 0.1) is 0 Å². The van der Waals surface area contributed by atoms with Gasteiger partial charge < -0.3 is 20.0 Å². The molecule has 0 radical (unpaired) electrons. The van der Waals surface area contributed by atoms with Crippen molar-refractivity contribution in [2.75, 3.05) is 56.0 Å². The van der Waals surface area contributed by atoms with Crippen LogP contribution in [-0.4, -0.2) is 95.6 Å². The Morgan fingerprint density at radius 3 is 1.41 bits per heavy atom. The smallest absolute Gasteiger partial charge is 0.223 e. The average Bonchev–Trinajstić information content (AvgIpc) is 3.84. The van der Waals surface area contributed by atoms with Gasteiger partial charge >= 0.3 is 0 Å². The van der Waals surface area contributed by atoms with Crippen molar-refractivity contribution in [2.24, 2.45) is 59.2 Å². The van der Waals surface area contributed by atoms with Gasteiger partial charge in [0, 0.05) is 100 Å². The molecule has 8 bridgehead atoms. The zero-order chi connectivity index (χ0) is 49.5. The number of carbonyl (C=O) groups excluding carboxylic acids is 4. The number of hydrogen-bond acceptors (Lipinski definition) is 6. The molecule has 0 atom stereocenters. The van der Waals surface area contributed by atoms with E-state index >= 15 is 0 Å². The number of rotatable bonds is 7. The Morgan fingerprint density at radius 2 is 1.01 bits per heavy atom. The van der Waals surface area contributed by atoms with Crippen LogP contribution >= 0.6 is 11.6 Å². The van der Waals surface area contributed by atoms with Gasteiger partial charge in [-0.15, -0.1) is 0 Å². The minimum atomic E-state index is -0.361. The lowest BCUT2D eigenvalue weighted by molar-refractivity contribution is -0.138. The summed E-state index contributed by atoms with van der Waals surface area (Å²) in [5.41, 5.74) is 5.48. The van der Waals surface area contributed by atoms with Crippen molar-refractivity contribution >= 4 is 45.9 Å². The molecule has 2 saturated heterocycles. The summed E-state index contributed by atoms with van der Waals surface area (Å²) in [6, 6.07) is 18.6. The second-order valence-electron chi connectivity index (χ2n) is 24.9. The van der Waals surface area contributed by atoms with Gasteiger partial charge in [-0.25, -0.2) is 0 Å². The average molecular weight is 979 g/mol. The molecule has 2 spiro atoms. The molecule has 8 saturated carbocycles. The van der Waals surface area contributed by atoms with E-state index in [4.69, 9.17) is 0 Å². The van der Waals surface area contributed by atoms with Crippen molar-refractivity contribution in [2.45, 2.75) is 174 Å². The summed E-state index contributed by atoms with van der Waals surface area (Å²) < 4.78 is 0. The van der Waals surface area contributed by atoms with E-state index in [2.05, 4.69) is 109 Å². The summed E-state index contributed by atoms with van der Waals surface area (Å²) in [4.78, 5) is 56.6. The number of carbonyl (C=O) groups is 4. The van der Waals surface area contributed by atoms with E-state index in [-0.39, 0.29) is 22.0 Å². The van der Waals surface area contributed by atoms with Crippen LogP contribution in [-0.2, 0) is 30.0 Å². The molecule has 9 nitrogen and oxygen atoms in total. The molecule has 70 heavy (non-hydrogen) atoms. The number of likely N-dealkylation sites (tertiary alicyclic amines) is 2. The maximum atomic E-state index is 13.3. The first-order valence-corrected chi connectivity index (χ1v) is 28.6. The van der Waals surface area contributed by atoms with Gasteiger partial charge in [0.2, 0.25) is 23.0 Å². The molecule has 2 aromatic carbocycles. The number of nitrogens with one attached hydrogen (secondary N) is 1. The minimum Gasteiger partial charge on any atom is -0.384 e. The fourth-order valence-corrected chi connectivity index (χ4v) is 17.3. The minimum absolute atomic E-state index is 0.0294. The van der Waals surface area contributed by atoms with Crippen molar-refractivity contribution in [3.63, 3.8) is 0 Å². The van der Waals surface area contributed by atoms with Gasteiger partial charge in [-0.3, -0.25) is 24.1 Å². The molecule has 8 aliphatic carbocycles. The Balaban J connectivity index is 0.000000140. The normalized spacial score (nSPS) is 31.9. The van der Waals surface area contributed by atoms with Crippen molar-refractivity contribution < 1.29 is 19.2 Å². The van der Waals surface area contributed by atoms with E-state index in [1.807, 2.05) is 11.0 Å². The first kappa shape index (κ1) is 51.5. The number of fused-ring (bicyclic) bond motifs is 4. The van der Waals surface area contributed by atoms with Crippen LogP contribution < -0.4 is 10.2 Å². The monoisotopic (exact) mass is 978 g/mol. The number of para-hydroxylation sites is 2. The maximum Gasteiger partial charge on any atom is 0.223 e. The van der Waals surface area contributed by atoms with Gasteiger partial charge in [0.1, 0.15) is 0 Å². The quantitative estimate of drug-likeness (QED) is 0.278. The highest BCUT2D eigenvalue weighted by atomic mass is 35.5. The van der Waals surface area contributed by atoms with Gasteiger partial charge in [0.15, 0.2) is 0 Å². The molecule has 10 fully saturated rings. The van der Waals surface area contributed by atoms with Crippen LogP contribution in [0.2, 0.25) is 0 Å². The van der Waals surface area contributed by atoms with E-state index in [9.17, 15) is 19.2 Å². The van der Waals surface area contributed by atoms with E-state index in [0.29, 0.717) is 35.7 Å². The number of benzene rings is 2. The van der Waals surface area contributed by atoms with Crippen molar-refractivity contribution in [1.29, 1.82) is 0 Å². The van der Waals surface area contributed by atoms with Crippen LogP contribution in [0.15, 0.2) is 48.5 Å². The fourth-order valence-electron chi connectivity index (χ4n) is 17.3. The highest BCUT2D eigenvalue weighted by Crippen LogP contribution is 2.59. The molecule has 3 amide bonds. The second kappa shape index (κ2) is 21.6. The molecule has 10 heteroatoms. The second-order valence-corrected chi connectivity index (χ2v) is 25.5. The zero-order valence-electron chi connectivity index (χ0n) is 44.1. The predicted octanol–water partition coefficient (Wildman–Crippen LogP) is 11.7. The molecular weight excluding hydrogens is 890 g/mol. The molecule has 12 aliphatic rings. The third-order valence-electron chi connectivity index (χ3n) is 20.2. The molecule has 14 rings (SSSR count). The number of amides is 3. The largest absolute Gasteiger partial charge is 0.384 e. The number of nitrogens with zero attached hydrogens (tertiary/aromatic N) is 4. The molecular formula is C60H88ClN5O4. The van der Waals surface area contributed by atoms with Crippen LogP contribution in [0.1, 0.15) is 162 Å². The molecule has 0 aromatic heterocycles. The number of piperidine rings is 2. The maximum absolute atomic E-state index is 13.3. The lowest BCUT2D eigenvalue weighted by atomic mass is 9.51. The summed E-state index contributed by atoms with van der Waals surface area (Å²) in [7, 11) is 0. The van der Waals surface area contributed by atoms with Crippen LogP contribution in [0.4, 0.5) is 11.4 Å². The van der Waals surface area contributed by atoms with Crippen LogP contribution in [0.25, 0.3) is 0 Å². The standard InChI is InChI=1S/C26H34N2O2.C24H32N2O.C8H19N.C2H3ClO/c1-17(29)28-16-26(23-4-2-3-5-24(23)28)6-8-27(9-7-26)25(30)15-22-20-11-18-10-19(13-20)14-21(22)12-18;27-23(14-20-18-10-16-9-17(12-18)13-19(20)11-16)26-7-5-24(6-8-26)15-25-22-4-2-1-3-21(22)24;1-6-9(7(2)3)8(4)5;1-2(3)4/h2-5,18-22H,6-16H2,1H3;1-4,16-20,25H,5-15H2;7-8H,6H2,1-5H3;1H3. The van der Waals surface area contributed by atoms with Gasteiger partial charge in [-0.2, -0.15) is 0 Å². The first-order chi connectivity index (χ1) is 33.5. The SMILES string of the molecule is CC(=O)Cl.CC(=O)N1CC2(CCN(C(=O)CC3C4CC5CC(C4)CC3C5)CC2)c2ccccc21.CCN(C(C)C)C(C)C.O=C(CC1C2CC3CC(C2)CC1C3)N1CCC2(CC1)CNc1ccccc12. The third kappa shape index (κ3) is 10.8. The lowest BCUT2D eigenvalue weighted by Gasteiger charge is -2.54. The van der Waals surface area contributed by atoms with E-state index < -0.39 is 0 Å². The Kier molecular flexibility index (Phi) is 15.9. The molecule has 1 N–H and O–H groups in total. The molecule has 2 aromatic rings. The molecule has 4 aliphatic heterocycles. The lowest BCUT2D eigenvalue weighted by Crippen LogP contribution is -2.50. The molecule has 4 heterocycles. The third-order valence-corrected chi connectivity index (χ3v) is 20.2.